The largest absolute Gasteiger partial charge is 0.462 e. The second kappa shape index (κ2) is 10.4. The summed E-state index contributed by atoms with van der Waals surface area (Å²) in [4.78, 5) is 11.1. The number of ether oxygens (including phenoxy) is 3. The molecule has 0 radical (unpaired) electrons. The van der Waals surface area contributed by atoms with Gasteiger partial charge in [0.05, 0.1) is 31.5 Å². The fourth-order valence-corrected chi connectivity index (χ4v) is 4.02. The van der Waals surface area contributed by atoms with E-state index in [9.17, 15) is 40.5 Å². The summed E-state index contributed by atoms with van der Waals surface area (Å²) in [6, 6.07) is 6.13. The smallest absolute Gasteiger partial charge is 0.229 e. The second-order valence-electron chi connectivity index (χ2n) is 7.90. The van der Waals surface area contributed by atoms with Crippen LogP contribution in [0, 0.1) is 5.92 Å². The van der Waals surface area contributed by atoms with Crippen LogP contribution in [0.15, 0.2) is 24.3 Å². The monoisotopic (exact) mass is 459 g/mol. The minimum atomic E-state index is -1.69. The predicted molar refractivity (Wildman–Crippen MR) is 106 cm³/mol. The van der Waals surface area contributed by atoms with Gasteiger partial charge >= 0.3 is 0 Å². The third-order valence-electron chi connectivity index (χ3n) is 5.68. The minimum absolute atomic E-state index is 0.248. The molecule has 2 fully saturated rings. The highest BCUT2D eigenvalue weighted by atomic mass is 16.7. The molecule has 12 heteroatoms. The average molecular weight is 459 g/mol. The Morgan fingerprint density at radius 3 is 2.06 bits per heavy atom. The van der Waals surface area contributed by atoms with Gasteiger partial charge in [0.2, 0.25) is 12.2 Å². The highest BCUT2D eigenvalue weighted by molar-refractivity contribution is 5.88. The third-order valence-corrected chi connectivity index (χ3v) is 5.68. The molecule has 12 nitrogen and oxygen atoms in total. The zero-order valence-corrected chi connectivity index (χ0v) is 17.3. The lowest BCUT2D eigenvalue weighted by atomic mass is 9.79. The molecule has 0 saturated carbocycles. The summed E-state index contributed by atoms with van der Waals surface area (Å²) >= 11 is 0. The van der Waals surface area contributed by atoms with Gasteiger partial charge in [-0.25, -0.2) is 0 Å². The molecular formula is C20H29NO11. The molecule has 10 atom stereocenters. The van der Waals surface area contributed by atoms with Crippen LogP contribution in [0.5, 0.6) is 5.75 Å². The molecule has 0 aliphatic carbocycles. The van der Waals surface area contributed by atoms with Gasteiger partial charge in [0.1, 0.15) is 36.3 Å². The first-order valence-electron chi connectivity index (χ1n) is 10.1. The van der Waals surface area contributed by atoms with E-state index in [0.717, 1.165) is 0 Å². The van der Waals surface area contributed by atoms with Crippen molar-refractivity contribution < 1.29 is 54.8 Å². The molecule has 1 unspecified atom stereocenters. The molecule has 2 aliphatic rings. The number of hydrogen-bond donors (Lipinski definition) is 8. The van der Waals surface area contributed by atoms with Crippen molar-refractivity contribution in [1.82, 2.24) is 0 Å². The van der Waals surface area contributed by atoms with Gasteiger partial charge in [-0.1, -0.05) is 0 Å². The Labute approximate surface area is 183 Å². The maximum atomic E-state index is 11.1. The number of aliphatic hydroxyl groups is 7. The van der Waals surface area contributed by atoms with Crippen molar-refractivity contribution in [3.05, 3.63) is 24.3 Å². The van der Waals surface area contributed by atoms with E-state index in [2.05, 4.69) is 5.32 Å². The number of carbonyl (C=O) groups excluding carboxylic acids is 1. The van der Waals surface area contributed by atoms with Gasteiger partial charge < -0.3 is 55.3 Å². The molecule has 1 aromatic carbocycles. The molecule has 1 amide bonds. The van der Waals surface area contributed by atoms with Gasteiger partial charge in [0, 0.05) is 18.5 Å². The average Bonchev–Trinajstić information content (AvgIpc) is 2.77. The van der Waals surface area contributed by atoms with Crippen molar-refractivity contribution in [2.24, 2.45) is 5.92 Å². The first-order valence-corrected chi connectivity index (χ1v) is 10.1. The quantitative estimate of drug-likeness (QED) is 0.215. The molecule has 0 spiro atoms. The molecule has 8 N–H and O–H groups in total. The highest BCUT2D eigenvalue weighted by Crippen LogP contribution is 2.36. The van der Waals surface area contributed by atoms with E-state index < -0.39 is 74.3 Å². The summed E-state index contributed by atoms with van der Waals surface area (Å²) in [6.45, 7) is 0.0430. The molecule has 2 aliphatic heterocycles. The zero-order valence-electron chi connectivity index (χ0n) is 17.3. The van der Waals surface area contributed by atoms with E-state index in [4.69, 9.17) is 14.2 Å². The Balaban J connectivity index is 1.75. The van der Waals surface area contributed by atoms with Crippen LogP contribution in [0.4, 0.5) is 5.69 Å². The Kier molecular flexibility index (Phi) is 8.03. The fourth-order valence-electron chi connectivity index (χ4n) is 4.02. The molecule has 2 heterocycles. The van der Waals surface area contributed by atoms with Crippen molar-refractivity contribution in [3.8, 4) is 5.75 Å². The van der Waals surface area contributed by atoms with Crippen molar-refractivity contribution in [2.45, 2.75) is 62.0 Å². The normalized spacial score (nSPS) is 40.0. The fraction of sp³-hybridized carbons (Fsp3) is 0.650. The molecule has 0 aromatic heterocycles. The van der Waals surface area contributed by atoms with E-state index in [1.165, 1.54) is 19.1 Å². The summed E-state index contributed by atoms with van der Waals surface area (Å²) in [7, 11) is 0. The molecule has 180 valence electrons. The van der Waals surface area contributed by atoms with Crippen LogP contribution < -0.4 is 10.1 Å². The Hall–Kier alpha value is -1.87. The summed E-state index contributed by atoms with van der Waals surface area (Å²) in [5.41, 5.74) is 0.519. The lowest BCUT2D eigenvalue weighted by Crippen LogP contribution is -2.67. The molecule has 1 aromatic rings. The van der Waals surface area contributed by atoms with E-state index in [0.29, 0.717) is 5.69 Å². The van der Waals surface area contributed by atoms with E-state index in [-0.39, 0.29) is 11.7 Å². The Bertz CT molecular complexity index is 758. The maximum Gasteiger partial charge on any atom is 0.229 e. The van der Waals surface area contributed by atoms with Gasteiger partial charge in [-0.05, 0) is 24.3 Å². The van der Waals surface area contributed by atoms with Crippen molar-refractivity contribution in [1.29, 1.82) is 0 Å². The van der Waals surface area contributed by atoms with Crippen LogP contribution >= 0.6 is 0 Å². The lowest BCUT2D eigenvalue weighted by Gasteiger charge is -2.49. The standard InChI is InChI=1S/C20H29NO11/c1-8(24)21-9-2-4-10(5-3-9)30-20-18(29)15(26)13(11(6-22)32-20)19-17(28)16(27)14(25)12(7-23)31-19/h2-5,11-20,22-23,25-29H,6-7H2,1H3,(H,21,24)/t11-,12-,13?,14-,15+,16+,17-,18+,19-,20+/m1/s1. The topological polar surface area (TPSA) is 198 Å². The molecule has 3 rings (SSSR count). The number of benzene rings is 1. The summed E-state index contributed by atoms with van der Waals surface area (Å²) in [5, 5.41) is 73.5. The highest BCUT2D eigenvalue weighted by Gasteiger charge is 2.55. The Morgan fingerprint density at radius 1 is 0.875 bits per heavy atom. The number of anilines is 1. The first kappa shape index (κ1) is 24.8. The van der Waals surface area contributed by atoms with Gasteiger partial charge in [-0.2, -0.15) is 0 Å². The van der Waals surface area contributed by atoms with Crippen molar-refractivity contribution in [3.63, 3.8) is 0 Å². The molecule has 32 heavy (non-hydrogen) atoms. The molecule has 0 bridgehead atoms. The molecule has 2 saturated heterocycles. The number of rotatable bonds is 6. The molecular weight excluding hydrogens is 430 g/mol. The van der Waals surface area contributed by atoms with Crippen molar-refractivity contribution in [2.75, 3.05) is 18.5 Å². The number of carbonyl (C=O) groups is 1. The van der Waals surface area contributed by atoms with Gasteiger partial charge in [-0.3, -0.25) is 4.79 Å². The summed E-state index contributed by atoms with van der Waals surface area (Å²) in [6.07, 6.45) is -13.4. The van der Waals surface area contributed by atoms with Gasteiger partial charge in [-0.15, -0.1) is 0 Å². The van der Waals surface area contributed by atoms with Crippen LogP contribution in [0.2, 0.25) is 0 Å². The van der Waals surface area contributed by atoms with E-state index >= 15 is 0 Å². The Morgan fingerprint density at radius 2 is 1.50 bits per heavy atom. The van der Waals surface area contributed by atoms with E-state index in [1.807, 2.05) is 0 Å². The number of aliphatic hydroxyl groups excluding tert-OH is 7. The predicted octanol–water partition coefficient (Wildman–Crippen LogP) is -3.08. The first-order chi connectivity index (χ1) is 15.2. The summed E-state index contributed by atoms with van der Waals surface area (Å²) in [5.74, 6) is -1.22. The minimum Gasteiger partial charge on any atom is -0.462 e. The van der Waals surface area contributed by atoms with Crippen LogP contribution in [-0.4, -0.2) is 110 Å². The number of nitrogens with one attached hydrogen (secondary N) is 1. The maximum absolute atomic E-state index is 11.1. The van der Waals surface area contributed by atoms with Gasteiger partial charge in [0.25, 0.3) is 0 Å². The van der Waals surface area contributed by atoms with Crippen LogP contribution in [0.25, 0.3) is 0 Å². The van der Waals surface area contributed by atoms with Crippen LogP contribution in [-0.2, 0) is 14.3 Å². The van der Waals surface area contributed by atoms with Gasteiger partial charge in [0.15, 0.2) is 0 Å². The van der Waals surface area contributed by atoms with Crippen LogP contribution in [0.3, 0.4) is 0 Å². The SMILES string of the molecule is CC(=O)Nc1ccc(O[C@H]2O[C@H](CO)C([C@H]3O[C@H](CO)[C@@H](O)[C@H](O)[C@H]3O)[C@H](O)[C@@H]2O)cc1. The number of hydrogen-bond acceptors (Lipinski definition) is 11. The van der Waals surface area contributed by atoms with Crippen molar-refractivity contribution >= 4 is 11.6 Å². The third kappa shape index (κ3) is 5.03. The zero-order chi connectivity index (χ0) is 23.6. The van der Waals surface area contributed by atoms with E-state index in [1.54, 1.807) is 12.1 Å². The van der Waals surface area contributed by atoms with Crippen LogP contribution in [0.1, 0.15) is 6.92 Å². The number of amides is 1. The second-order valence-corrected chi connectivity index (χ2v) is 7.90. The lowest BCUT2D eigenvalue weighted by molar-refractivity contribution is -0.310. The summed E-state index contributed by atoms with van der Waals surface area (Å²) < 4.78 is 16.7.